The Bertz CT molecular complexity index is 831. The lowest BCUT2D eigenvalue weighted by Gasteiger charge is -2.08. The first-order valence-corrected chi connectivity index (χ1v) is 7.32. The van der Waals surface area contributed by atoms with E-state index in [1.165, 1.54) is 0 Å². The van der Waals surface area contributed by atoms with E-state index in [-0.39, 0.29) is 5.89 Å². The van der Waals surface area contributed by atoms with E-state index in [4.69, 9.17) is 20.8 Å². The van der Waals surface area contributed by atoms with Crippen molar-refractivity contribution in [1.29, 1.82) is 0 Å². The van der Waals surface area contributed by atoms with Crippen molar-refractivity contribution in [3.05, 3.63) is 76.5 Å². The quantitative estimate of drug-likeness (QED) is 0.666. The summed E-state index contributed by atoms with van der Waals surface area (Å²) >= 11 is 6.07. The summed E-state index contributed by atoms with van der Waals surface area (Å²) in [6.07, 6.45) is 0. The first-order valence-electron chi connectivity index (χ1n) is 6.94. The largest absolute Gasteiger partial charge is 0.489 e. The van der Waals surface area contributed by atoms with Crippen LogP contribution in [0.3, 0.4) is 0 Å². The lowest BCUT2D eigenvalue weighted by atomic mass is 10.1. The highest BCUT2D eigenvalue weighted by Crippen LogP contribution is 2.23. The van der Waals surface area contributed by atoms with Gasteiger partial charge < -0.3 is 9.15 Å². The molecule has 6 heteroatoms. The number of aromatic nitrogens is 2. The van der Waals surface area contributed by atoms with Crippen LogP contribution in [0.1, 0.15) is 27.7 Å². The molecule has 0 amide bonds. The van der Waals surface area contributed by atoms with E-state index in [1.54, 1.807) is 25.1 Å². The lowest BCUT2D eigenvalue weighted by molar-refractivity contribution is 0.100. The van der Waals surface area contributed by atoms with Crippen molar-refractivity contribution in [2.24, 2.45) is 0 Å². The highest BCUT2D eigenvalue weighted by atomic mass is 35.5. The number of halogens is 1. The molecule has 0 saturated carbocycles. The third-order valence-corrected chi connectivity index (χ3v) is 3.32. The van der Waals surface area contributed by atoms with Crippen molar-refractivity contribution in [3.8, 4) is 5.75 Å². The van der Waals surface area contributed by atoms with Crippen molar-refractivity contribution in [1.82, 2.24) is 10.2 Å². The first-order chi connectivity index (χ1) is 11.1. The van der Waals surface area contributed by atoms with Gasteiger partial charge in [-0.25, -0.2) is 0 Å². The zero-order valence-corrected chi connectivity index (χ0v) is 13.1. The molecule has 0 unspecified atom stereocenters. The third kappa shape index (κ3) is 3.76. The van der Waals surface area contributed by atoms with Crippen LogP contribution < -0.4 is 4.74 Å². The van der Waals surface area contributed by atoms with Gasteiger partial charge in [0, 0.05) is 17.5 Å². The fourth-order valence-corrected chi connectivity index (χ4v) is 2.25. The zero-order chi connectivity index (χ0) is 16.2. The van der Waals surface area contributed by atoms with Gasteiger partial charge in [0.15, 0.2) is 0 Å². The maximum Gasteiger partial charge on any atom is 0.289 e. The minimum atomic E-state index is -0.391. The SMILES string of the molecule is Cc1nnc(C(=O)c2cc(Cl)cc(OCc3ccccc3)c2)o1. The number of hydrogen-bond donors (Lipinski definition) is 0. The van der Waals surface area contributed by atoms with E-state index in [0.717, 1.165) is 5.56 Å². The highest BCUT2D eigenvalue weighted by Gasteiger charge is 2.17. The molecule has 116 valence electrons. The van der Waals surface area contributed by atoms with Crippen molar-refractivity contribution >= 4 is 17.4 Å². The third-order valence-electron chi connectivity index (χ3n) is 3.10. The minimum absolute atomic E-state index is 0.0706. The highest BCUT2D eigenvalue weighted by molar-refractivity contribution is 6.31. The first kappa shape index (κ1) is 15.2. The molecule has 23 heavy (non-hydrogen) atoms. The Morgan fingerprint density at radius 2 is 1.96 bits per heavy atom. The van der Waals surface area contributed by atoms with Crippen LogP contribution in [-0.2, 0) is 6.61 Å². The standard InChI is InChI=1S/C17H13ClN2O3/c1-11-19-20-17(23-11)16(21)13-7-14(18)9-15(8-13)22-10-12-5-3-2-4-6-12/h2-9H,10H2,1H3. The Morgan fingerprint density at radius 1 is 1.17 bits per heavy atom. The summed E-state index contributed by atoms with van der Waals surface area (Å²) in [5.74, 6) is 0.369. The van der Waals surface area contributed by atoms with Crippen molar-refractivity contribution in [2.75, 3.05) is 0 Å². The number of ether oxygens (including phenoxy) is 1. The van der Waals surface area contributed by atoms with Crippen molar-refractivity contribution < 1.29 is 13.9 Å². The summed E-state index contributed by atoms with van der Waals surface area (Å²) in [6, 6.07) is 14.5. The number of aryl methyl sites for hydroxylation is 1. The molecule has 0 radical (unpaired) electrons. The van der Waals surface area contributed by atoms with Gasteiger partial charge in [0.2, 0.25) is 11.7 Å². The molecule has 5 nitrogen and oxygen atoms in total. The number of carbonyl (C=O) groups excluding carboxylic acids is 1. The summed E-state index contributed by atoms with van der Waals surface area (Å²) in [7, 11) is 0. The van der Waals surface area contributed by atoms with Gasteiger partial charge in [-0.2, -0.15) is 0 Å². The molecule has 2 aromatic carbocycles. The Labute approximate surface area is 137 Å². The van der Waals surface area contributed by atoms with Crippen LogP contribution in [-0.4, -0.2) is 16.0 Å². The van der Waals surface area contributed by atoms with Gasteiger partial charge in [-0.15, -0.1) is 10.2 Å². The Kier molecular flexibility index (Phi) is 4.39. The number of rotatable bonds is 5. The van der Waals surface area contributed by atoms with E-state index in [2.05, 4.69) is 10.2 Å². The molecule has 0 atom stereocenters. The number of hydrogen-bond acceptors (Lipinski definition) is 5. The molecule has 0 saturated heterocycles. The molecule has 0 bridgehead atoms. The van der Waals surface area contributed by atoms with Crippen LogP contribution in [0, 0.1) is 6.92 Å². The van der Waals surface area contributed by atoms with Crippen LogP contribution in [0.25, 0.3) is 0 Å². The number of carbonyl (C=O) groups is 1. The normalized spacial score (nSPS) is 10.5. The summed E-state index contributed by atoms with van der Waals surface area (Å²) < 4.78 is 10.9. The molecular weight excluding hydrogens is 316 g/mol. The minimum Gasteiger partial charge on any atom is -0.489 e. The molecule has 3 aromatic rings. The van der Waals surface area contributed by atoms with E-state index < -0.39 is 5.78 Å². The smallest absolute Gasteiger partial charge is 0.289 e. The van der Waals surface area contributed by atoms with E-state index in [9.17, 15) is 4.79 Å². The number of nitrogens with zero attached hydrogens (tertiary/aromatic N) is 2. The Morgan fingerprint density at radius 3 is 2.65 bits per heavy atom. The zero-order valence-electron chi connectivity index (χ0n) is 12.3. The van der Waals surface area contributed by atoms with E-state index in [0.29, 0.717) is 28.8 Å². The molecule has 0 fully saturated rings. The molecule has 0 N–H and O–H groups in total. The van der Waals surface area contributed by atoms with Crippen LogP contribution >= 0.6 is 11.6 Å². The van der Waals surface area contributed by atoms with Crippen LogP contribution in [0.2, 0.25) is 5.02 Å². The topological polar surface area (TPSA) is 65.2 Å². The van der Waals surface area contributed by atoms with Crippen LogP contribution in [0.15, 0.2) is 52.9 Å². The van der Waals surface area contributed by atoms with Gasteiger partial charge in [0.25, 0.3) is 5.89 Å². The van der Waals surface area contributed by atoms with Gasteiger partial charge in [-0.05, 0) is 23.8 Å². The average Bonchev–Trinajstić information content (AvgIpc) is 2.99. The van der Waals surface area contributed by atoms with Gasteiger partial charge in [-0.1, -0.05) is 41.9 Å². The maximum atomic E-state index is 12.3. The second-order valence-electron chi connectivity index (χ2n) is 4.91. The molecule has 1 heterocycles. The molecule has 0 aliphatic rings. The van der Waals surface area contributed by atoms with E-state index in [1.807, 2.05) is 30.3 Å². The van der Waals surface area contributed by atoms with Crippen molar-refractivity contribution in [3.63, 3.8) is 0 Å². The molecule has 0 aliphatic heterocycles. The van der Waals surface area contributed by atoms with Crippen LogP contribution in [0.4, 0.5) is 0 Å². The summed E-state index contributed by atoms with van der Waals surface area (Å²) in [5.41, 5.74) is 1.36. The molecule has 1 aromatic heterocycles. The van der Waals surface area contributed by atoms with Crippen LogP contribution in [0.5, 0.6) is 5.75 Å². The predicted molar refractivity (Wildman–Crippen MR) is 84.7 cm³/mol. The lowest BCUT2D eigenvalue weighted by Crippen LogP contribution is -2.03. The van der Waals surface area contributed by atoms with Gasteiger partial charge in [-0.3, -0.25) is 4.79 Å². The van der Waals surface area contributed by atoms with Gasteiger partial charge in [0.1, 0.15) is 12.4 Å². The fourth-order valence-electron chi connectivity index (χ4n) is 2.03. The molecule has 0 spiro atoms. The number of ketones is 1. The van der Waals surface area contributed by atoms with Gasteiger partial charge in [0.05, 0.1) is 0 Å². The molecule has 3 rings (SSSR count). The average molecular weight is 329 g/mol. The molecule has 0 aliphatic carbocycles. The second-order valence-corrected chi connectivity index (χ2v) is 5.34. The summed E-state index contributed by atoms with van der Waals surface area (Å²) in [6.45, 7) is 2.00. The fraction of sp³-hybridized carbons (Fsp3) is 0.118. The predicted octanol–water partition coefficient (Wildman–Crippen LogP) is 3.84. The maximum absolute atomic E-state index is 12.3. The van der Waals surface area contributed by atoms with Gasteiger partial charge >= 0.3 is 0 Å². The Hall–Kier alpha value is -2.66. The Balaban J connectivity index is 1.80. The summed E-state index contributed by atoms with van der Waals surface area (Å²) in [4.78, 5) is 12.3. The molecular formula is C17H13ClN2O3. The summed E-state index contributed by atoms with van der Waals surface area (Å²) in [5, 5.41) is 7.78. The monoisotopic (exact) mass is 328 g/mol. The van der Waals surface area contributed by atoms with Crippen molar-refractivity contribution in [2.45, 2.75) is 13.5 Å². The van der Waals surface area contributed by atoms with E-state index >= 15 is 0 Å². The second kappa shape index (κ2) is 6.62. The number of benzene rings is 2.